The second kappa shape index (κ2) is 10.4. The van der Waals surface area contributed by atoms with Gasteiger partial charge in [0.25, 0.3) is 5.91 Å². The molecule has 1 aliphatic rings. The molecule has 7 nitrogen and oxygen atoms in total. The molecule has 36 heavy (non-hydrogen) atoms. The van der Waals surface area contributed by atoms with Crippen molar-refractivity contribution in [1.29, 1.82) is 0 Å². The van der Waals surface area contributed by atoms with Gasteiger partial charge < -0.3 is 16.0 Å². The quantitative estimate of drug-likeness (QED) is 0.277. The molecule has 1 saturated carbocycles. The summed E-state index contributed by atoms with van der Waals surface area (Å²) < 4.78 is -1.35. The normalized spacial score (nSPS) is 17.7. The number of nitrogens with zero attached hydrogens (tertiary/aromatic N) is 1. The second-order valence-electron chi connectivity index (χ2n) is 8.06. The van der Waals surface area contributed by atoms with E-state index in [9.17, 15) is 14.4 Å². The number of hydrogen-bond donors (Lipinski definition) is 3. The summed E-state index contributed by atoms with van der Waals surface area (Å²) in [6, 6.07) is 14.1. The Bertz CT molecular complexity index is 1360. The number of alkyl halides is 2. The van der Waals surface area contributed by atoms with Gasteiger partial charge in [-0.05, 0) is 54.1 Å². The summed E-state index contributed by atoms with van der Waals surface area (Å²) in [7, 11) is 0. The molecular weight excluding hydrogens is 570 g/mol. The van der Waals surface area contributed by atoms with Crippen molar-refractivity contribution in [3.63, 3.8) is 0 Å². The van der Waals surface area contributed by atoms with E-state index in [1.54, 1.807) is 42.5 Å². The van der Waals surface area contributed by atoms with Crippen molar-refractivity contribution in [2.75, 3.05) is 16.0 Å². The fourth-order valence-electron chi connectivity index (χ4n) is 3.76. The number of rotatable bonds is 6. The highest BCUT2D eigenvalue weighted by molar-refractivity contribution is 6.53. The zero-order valence-electron chi connectivity index (χ0n) is 18.4. The third-order valence-corrected chi connectivity index (χ3v) is 7.06. The van der Waals surface area contributed by atoms with Crippen molar-refractivity contribution in [2.24, 2.45) is 5.92 Å². The zero-order valence-corrected chi connectivity index (χ0v) is 22.2. The lowest BCUT2D eigenvalue weighted by Crippen LogP contribution is -2.18. The number of pyridine rings is 1. The molecule has 0 spiro atoms. The monoisotopic (exact) mass is 584 g/mol. The molecule has 3 aromatic rings. The van der Waals surface area contributed by atoms with Gasteiger partial charge in [0, 0.05) is 28.6 Å². The molecule has 1 aromatic heterocycles. The molecule has 186 valence electrons. The van der Waals surface area contributed by atoms with E-state index in [-0.39, 0.29) is 28.1 Å². The van der Waals surface area contributed by atoms with Gasteiger partial charge in [0.1, 0.15) is 16.0 Å². The molecule has 3 amide bonds. The first-order chi connectivity index (χ1) is 17.0. The predicted molar refractivity (Wildman–Crippen MR) is 144 cm³/mol. The number of nitrogens with one attached hydrogen (secondary N) is 3. The Morgan fingerprint density at radius 2 is 1.50 bits per heavy atom. The van der Waals surface area contributed by atoms with Crippen LogP contribution in [0.1, 0.15) is 28.8 Å². The number of aromatic nitrogens is 1. The molecule has 12 heteroatoms. The molecule has 2 aromatic carbocycles. The van der Waals surface area contributed by atoms with Crippen LogP contribution in [-0.4, -0.2) is 27.0 Å². The Kier molecular flexibility index (Phi) is 7.69. The van der Waals surface area contributed by atoms with Gasteiger partial charge in [0.2, 0.25) is 11.8 Å². The molecule has 1 aliphatic carbocycles. The van der Waals surface area contributed by atoms with E-state index in [2.05, 4.69) is 20.9 Å². The van der Waals surface area contributed by atoms with Crippen molar-refractivity contribution >= 4 is 93.0 Å². The van der Waals surface area contributed by atoms with Crippen LogP contribution in [0.4, 0.5) is 17.3 Å². The highest BCUT2D eigenvalue weighted by Gasteiger charge is 2.67. The summed E-state index contributed by atoms with van der Waals surface area (Å²) >= 11 is 31.2. The topological polar surface area (TPSA) is 100 Å². The van der Waals surface area contributed by atoms with Crippen LogP contribution < -0.4 is 16.0 Å². The van der Waals surface area contributed by atoms with E-state index in [4.69, 9.17) is 58.0 Å². The molecule has 0 radical (unpaired) electrons. The Morgan fingerprint density at radius 1 is 0.861 bits per heavy atom. The highest BCUT2D eigenvalue weighted by atomic mass is 35.5. The summed E-state index contributed by atoms with van der Waals surface area (Å²) in [6.07, 6.45) is 0. The van der Waals surface area contributed by atoms with Crippen LogP contribution in [0.25, 0.3) is 0 Å². The molecule has 2 atom stereocenters. The van der Waals surface area contributed by atoms with Crippen molar-refractivity contribution in [2.45, 2.75) is 17.2 Å². The van der Waals surface area contributed by atoms with Crippen molar-refractivity contribution < 1.29 is 14.4 Å². The molecule has 0 aliphatic heterocycles. The van der Waals surface area contributed by atoms with Crippen LogP contribution in [0, 0.1) is 5.92 Å². The molecule has 4 rings (SSSR count). The van der Waals surface area contributed by atoms with Crippen LogP contribution in [0.5, 0.6) is 0 Å². The Balaban J connectivity index is 1.49. The first kappa shape index (κ1) is 26.5. The van der Waals surface area contributed by atoms with Crippen LogP contribution in [0.2, 0.25) is 15.1 Å². The van der Waals surface area contributed by atoms with Gasteiger partial charge in [-0.25, -0.2) is 4.98 Å². The molecular formula is C24H17Cl5N4O3. The Hall–Kier alpha value is -2.55. The van der Waals surface area contributed by atoms with E-state index in [0.717, 1.165) is 0 Å². The van der Waals surface area contributed by atoms with Crippen LogP contribution in [0.3, 0.4) is 0 Å². The predicted octanol–water partition coefficient (Wildman–Crippen LogP) is 6.78. The minimum Gasteiger partial charge on any atom is -0.326 e. The maximum absolute atomic E-state index is 13.0. The average Bonchev–Trinajstić information content (AvgIpc) is 3.36. The van der Waals surface area contributed by atoms with Crippen LogP contribution in [0.15, 0.2) is 54.6 Å². The number of amides is 3. The fourth-order valence-corrected chi connectivity index (χ4v) is 5.33. The third-order valence-electron chi connectivity index (χ3n) is 5.35. The lowest BCUT2D eigenvalue weighted by atomic mass is 10.1. The van der Waals surface area contributed by atoms with Gasteiger partial charge in [0.15, 0.2) is 0 Å². The van der Waals surface area contributed by atoms with Gasteiger partial charge in [0.05, 0.1) is 16.5 Å². The standard InChI is InChI=1S/C24H17Cl5N4O3/c1-11(34)30-18-3-2-4-19(32-18)33-22(35)16-10-15(5-6-17(16)27)31-23(36)21-20(24(21,28)29)12-7-13(25)9-14(26)8-12/h2-10,20-21H,1H3,(H,31,36)(H2,30,32,33,34,35)/t20-,21+/m1/s1. The van der Waals surface area contributed by atoms with Gasteiger partial charge >= 0.3 is 0 Å². The number of halogens is 5. The number of carbonyl (C=O) groups is 3. The molecule has 0 unspecified atom stereocenters. The van der Waals surface area contributed by atoms with E-state index >= 15 is 0 Å². The number of anilines is 3. The van der Waals surface area contributed by atoms with Crippen molar-refractivity contribution in [1.82, 2.24) is 4.98 Å². The van der Waals surface area contributed by atoms with Crippen molar-refractivity contribution in [3.8, 4) is 0 Å². The zero-order chi connectivity index (χ0) is 26.2. The van der Waals surface area contributed by atoms with Gasteiger partial charge in [-0.15, -0.1) is 23.2 Å². The summed E-state index contributed by atoms with van der Waals surface area (Å²) in [6.45, 7) is 1.35. The smallest absolute Gasteiger partial charge is 0.258 e. The third kappa shape index (κ3) is 5.88. The van der Waals surface area contributed by atoms with E-state index in [1.807, 2.05) is 0 Å². The minimum absolute atomic E-state index is 0.0955. The lowest BCUT2D eigenvalue weighted by Gasteiger charge is -2.11. The molecule has 3 N–H and O–H groups in total. The maximum Gasteiger partial charge on any atom is 0.258 e. The first-order valence-electron chi connectivity index (χ1n) is 10.5. The maximum atomic E-state index is 13.0. The van der Waals surface area contributed by atoms with E-state index in [0.29, 0.717) is 21.3 Å². The van der Waals surface area contributed by atoms with Crippen LogP contribution >= 0.6 is 58.0 Å². The molecule has 0 bridgehead atoms. The van der Waals surface area contributed by atoms with E-state index < -0.39 is 28.0 Å². The molecule has 1 heterocycles. The lowest BCUT2D eigenvalue weighted by molar-refractivity contribution is -0.117. The Labute approximate surface area is 231 Å². The summed E-state index contributed by atoms with van der Waals surface area (Å²) in [5, 5.41) is 8.84. The fraction of sp³-hybridized carbons (Fsp3) is 0.167. The SMILES string of the molecule is CC(=O)Nc1cccc(NC(=O)c2cc(NC(=O)[C@@H]3[C@@H](c4cc(Cl)cc(Cl)c4)C3(Cl)Cl)ccc2Cl)n1. The van der Waals surface area contributed by atoms with E-state index in [1.165, 1.54) is 19.1 Å². The minimum atomic E-state index is -1.35. The largest absolute Gasteiger partial charge is 0.326 e. The number of hydrogen-bond acceptors (Lipinski definition) is 4. The van der Waals surface area contributed by atoms with Gasteiger partial charge in [-0.2, -0.15) is 0 Å². The Morgan fingerprint density at radius 3 is 2.14 bits per heavy atom. The summed E-state index contributed by atoms with van der Waals surface area (Å²) in [5.41, 5.74) is 1.05. The molecule has 1 fully saturated rings. The van der Waals surface area contributed by atoms with Crippen molar-refractivity contribution in [3.05, 3.63) is 80.8 Å². The first-order valence-corrected chi connectivity index (χ1v) is 12.3. The number of benzene rings is 2. The molecule has 0 saturated heterocycles. The summed E-state index contributed by atoms with van der Waals surface area (Å²) in [5.74, 6) is -2.13. The second-order valence-corrected chi connectivity index (χ2v) is 10.8. The van der Waals surface area contributed by atoms with Gasteiger partial charge in [-0.3, -0.25) is 14.4 Å². The summed E-state index contributed by atoms with van der Waals surface area (Å²) in [4.78, 5) is 41.3. The number of carbonyl (C=O) groups excluding carboxylic acids is 3. The highest BCUT2D eigenvalue weighted by Crippen LogP contribution is 2.65. The average molecular weight is 587 g/mol. The van der Waals surface area contributed by atoms with Crippen LogP contribution in [-0.2, 0) is 9.59 Å². The van der Waals surface area contributed by atoms with Gasteiger partial charge in [-0.1, -0.05) is 40.9 Å².